The maximum Gasteiger partial charge on any atom is 0.182 e. The number of ketones is 1. The number of benzene rings is 1. The van der Waals surface area contributed by atoms with Gasteiger partial charge in [0.25, 0.3) is 0 Å². The van der Waals surface area contributed by atoms with Gasteiger partial charge in [-0.3, -0.25) is 9.78 Å². The Morgan fingerprint density at radius 3 is 2.42 bits per heavy atom. The fraction of sp³-hybridized carbons (Fsp3) is 0.250. The molecule has 0 aliphatic heterocycles. The summed E-state index contributed by atoms with van der Waals surface area (Å²) in [6.45, 7) is 3.83. The van der Waals surface area contributed by atoms with Crippen LogP contribution in [0.25, 0.3) is 11.3 Å². The summed E-state index contributed by atoms with van der Waals surface area (Å²) in [5.74, 6) is -1.12. The van der Waals surface area contributed by atoms with E-state index in [0.29, 0.717) is 6.42 Å². The average Bonchev–Trinajstić information content (AvgIpc) is 2.60. The van der Waals surface area contributed by atoms with Crippen LogP contribution in [0.3, 0.4) is 0 Å². The Kier molecular flexibility index (Phi) is 4.63. The van der Waals surface area contributed by atoms with Crippen LogP contribution in [0.4, 0.5) is 0 Å². The van der Waals surface area contributed by atoms with Crippen LogP contribution in [0.15, 0.2) is 53.2 Å². The van der Waals surface area contributed by atoms with Gasteiger partial charge in [0, 0.05) is 17.7 Å². The predicted molar refractivity (Wildman–Crippen MR) is 94.9 cm³/mol. The molecule has 122 valence electrons. The molecule has 1 aliphatic rings. The lowest BCUT2D eigenvalue weighted by atomic mass is 9.76. The van der Waals surface area contributed by atoms with E-state index in [2.05, 4.69) is 4.98 Å². The van der Waals surface area contributed by atoms with E-state index in [0.717, 1.165) is 28.7 Å². The number of carbonyl (C=O) groups is 2. The zero-order chi connectivity index (χ0) is 17.3. The summed E-state index contributed by atoms with van der Waals surface area (Å²) in [6, 6.07) is 11.8. The van der Waals surface area contributed by atoms with Crippen LogP contribution in [-0.4, -0.2) is 17.1 Å². The number of aryl methyl sites for hydroxylation is 1. The van der Waals surface area contributed by atoms with Gasteiger partial charge in [-0.1, -0.05) is 53.1 Å². The van der Waals surface area contributed by atoms with Crippen molar-refractivity contribution in [1.29, 1.82) is 0 Å². The summed E-state index contributed by atoms with van der Waals surface area (Å²) in [6.07, 6.45) is 3.04. The molecule has 3 nitrogen and oxygen atoms in total. The standard InChI is InChI=1S/C20H18ClNO2/c1-12-3-5-14(6-4-12)17-8-7-15(10-22-17)18-16(11-23)9-13(2)19(21)20(18)24/h3-8,10-11,16,18H,9H2,1-2H3. The quantitative estimate of drug-likeness (QED) is 0.776. The second-order valence-corrected chi connectivity index (χ2v) is 6.66. The third-order valence-electron chi connectivity index (χ3n) is 4.51. The highest BCUT2D eigenvalue weighted by atomic mass is 35.5. The maximum absolute atomic E-state index is 12.5. The summed E-state index contributed by atoms with van der Waals surface area (Å²) in [5, 5.41) is 0.251. The molecule has 2 atom stereocenters. The largest absolute Gasteiger partial charge is 0.303 e. The molecule has 1 aliphatic carbocycles. The summed E-state index contributed by atoms with van der Waals surface area (Å²) >= 11 is 6.12. The third-order valence-corrected chi connectivity index (χ3v) is 5.02. The van der Waals surface area contributed by atoms with Crippen molar-refractivity contribution in [2.24, 2.45) is 5.92 Å². The third kappa shape index (κ3) is 3.04. The van der Waals surface area contributed by atoms with E-state index in [9.17, 15) is 9.59 Å². The smallest absolute Gasteiger partial charge is 0.182 e. The number of aromatic nitrogens is 1. The van der Waals surface area contributed by atoms with Gasteiger partial charge in [0.1, 0.15) is 6.29 Å². The number of rotatable bonds is 3. The number of halogens is 1. The van der Waals surface area contributed by atoms with Crippen LogP contribution in [0.2, 0.25) is 0 Å². The molecular formula is C20H18ClNO2. The van der Waals surface area contributed by atoms with Crippen molar-refractivity contribution in [1.82, 2.24) is 4.98 Å². The van der Waals surface area contributed by atoms with Gasteiger partial charge in [0.05, 0.1) is 16.6 Å². The number of nitrogens with zero attached hydrogens (tertiary/aromatic N) is 1. The zero-order valence-electron chi connectivity index (χ0n) is 13.6. The van der Waals surface area contributed by atoms with Crippen LogP contribution in [0.1, 0.15) is 30.4 Å². The number of carbonyl (C=O) groups excluding carboxylic acids is 2. The van der Waals surface area contributed by atoms with E-state index in [1.54, 1.807) is 13.1 Å². The van der Waals surface area contributed by atoms with Gasteiger partial charge in [-0.15, -0.1) is 0 Å². The molecule has 0 saturated heterocycles. The summed E-state index contributed by atoms with van der Waals surface area (Å²) in [7, 11) is 0. The Morgan fingerprint density at radius 2 is 1.83 bits per heavy atom. The SMILES string of the molecule is CC1=C(Cl)C(=O)C(c2ccc(-c3ccc(C)cc3)nc2)C(C=O)C1. The lowest BCUT2D eigenvalue weighted by Gasteiger charge is -2.27. The van der Waals surface area contributed by atoms with Crippen molar-refractivity contribution in [3.05, 3.63) is 64.3 Å². The van der Waals surface area contributed by atoms with Crippen molar-refractivity contribution in [2.75, 3.05) is 0 Å². The summed E-state index contributed by atoms with van der Waals surface area (Å²) in [4.78, 5) is 28.4. The molecule has 2 aromatic rings. The normalized spacial score (nSPS) is 21.0. The molecule has 24 heavy (non-hydrogen) atoms. The van der Waals surface area contributed by atoms with Crippen molar-refractivity contribution < 1.29 is 9.59 Å². The molecule has 0 N–H and O–H groups in total. The van der Waals surface area contributed by atoms with E-state index in [1.165, 1.54) is 5.56 Å². The Hall–Kier alpha value is -2.26. The number of Topliss-reactive ketones (excluding diaryl/α,β-unsaturated/α-hetero) is 1. The first-order valence-corrected chi connectivity index (χ1v) is 8.27. The highest BCUT2D eigenvalue weighted by Gasteiger charge is 2.36. The molecule has 0 fully saturated rings. The number of hydrogen-bond donors (Lipinski definition) is 0. The van der Waals surface area contributed by atoms with E-state index in [4.69, 9.17) is 11.6 Å². The lowest BCUT2D eigenvalue weighted by molar-refractivity contribution is -0.122. The first kappa shape index (κ1) is 16.6. The highest BCUT2D eigenvalue weighted by Crippen LogP contribution is 2.38. The predicted octanol–water partition coefficient (Wildman–Crippen LogP) is 4.44. The van der Waals surface area contributed by atoms with Crippen molar-refractivity contribution in [2.45, 2.75) is 26.2 Å². The van der Waals surface area contributed by atoms with Crippen molar-refractivity contribution >= 4 is 23.7 Å². The molecular weight excluding hydrogens is 322 g/mol. The van der Waals surface area contributed by atoms with Gasteiger partial charge in [-0.25, -0.2) is 0 Å². The van der Waals surface area contributed by atoms with Gasteiger partial charge in [0.15, 0.2) is 5.78 Å². The minimum atomic E-state index is -0.543. The van der Waals surface area contributed by atoms with Crippen LogP contribution in [-0.2, 0) is 9.59 Å². The minimum Gasteiger partial charge on any atom is -0.303 e. The molecule has 1 aromatic carbocycles. The summed E-state index contributed by atoms with van der Waals surface area (Å²) < 4.78 is 0. The number of hydrogen-bond acceptors (Lipinski definition) is 3. The van der Waals surface area contributed by atoms with E-state index in [1.807, 2.05) is 43.3 Å². The fourth-order valence-corrected chi connectivity index (χ4v) is 3.31. The Morgan fingerprint density at radius 1 is 1.12 bits per heavy atom. The molecule has 0 amide bonds. The molecule has 0 radical (unpaired) electrons. The van der Waals surface area contributed by atoms with Crippen LogP contribution in [0.5, 0.6) is 0 Å². The Labute approximate surface area is 146 Å². The molecule has 0 saturated carbocycles. The van der Waals surface area contributed by atoms with E-state index < -0.39 is 5.92 Å². The zero-order valence-corrected chi connectivity index (χ0v) is 14.4. The number of pyridine rings is 1. The monoisotopic (exact) mass is 339 g/mol. The topological polar surface area (TPSA) is 47.0 Å². The Balaban J connectivity index is 1.93. The van der Waals surface area contributed by atoms with Crippen molar-refractivity contribution in [3.8, 4) is 11.3 Å². The van der Waals surface area contributed by atoms with Gasteiger partial charge < -0.3 is 4.79 Å². The molecule has 0 spiro atoms. The molecule has 1 heterocycles. The van der Waals surface area contributed by atoms with Crippen LogP contribution < -0.4 is 0 Å². The average molecular weight is 340 g/mol. The second-order valence-electron chi connectivity index (χ2n) is 6.28. The second kappa shape index (κ2) is 6.70. The molecule has 4 heteroatoms. The first-order chi connectivity index (χ1) is 11.5. The number of aldehydes is 1. The van der Waals surface area contributed by atoms with Crippen LogP contribution >= 0.6 is 11.6 Å². The van der Waals surface area contributed by atoms with E-state index >= 15 is 0 Å². The lowest BCUT2D eigenvalue weighted by Crippen LogP contribution is -2.28. The molecule has 3 rings (SSSR count). The number of allylic oxidation sites excluding steroid dienone is 2. The van der Waals surface area contributed by atoms with Crippen molar-refractivity contribution in [3.63, 3.8) is 0 Å². The van der Waals surface area contributed by atoms with Gasteiger partial charge in [0.2, 0.25) is 0 Å². The Bertz CT molecular complexity index is 807. The van der Waals surface area contributed by atoms with Gasteiger partial charge in [-0.05, 0) is 31.9 Å². The van der Waals surface area contributed by atoms with Crippen LogP contribution in [0, 0.1) is 12.8 Å². The fourth-order valence-electron chi connectivity index (χ4n) is 3.11. The van der Waals surface area contributed by atoms with Gasteiger partial charge >= 0.3 is 0 Å². The molecule has 2 unspecified atom stereocenters. The van der Waals surface area contributed by atoms with Gasteiger partial charge in [-0.2, -0.15) is 0 Å². The molecule has 1 aromatic heterocycles. The first-order valence-electron chi connectivity index (χ1n) is 7.89. The van der Waals surface area contributed by atoms with E-state index in [-0.39, 0.29) is 16.7 Å². The molecule has 0 bridgehead atoms. The minimum absolute atomic E-state index is 0.192. The highest BCUT2D eigenvalue weighted by molar-refractivity contribution is 6.44. The maximum atomic E-state index is 12.5. The summed E-state index contributed by atoms with van der Waals surface area (Å²) in [5.41, 5.74) is 4.55.